The molecule has 0 aromatic carbocycles. The first-order valence-corrected chi connectivity index (χ1v) is 6.63. The molecule has 110 valence electrons. The van der Waals surface area contributed by atoms with Crippen LogP contribution in [0.15, 0.2) is 0 Å². The van der Waals surface area contributed by atoms with Gasteiger partial charge in [-0.1, -0.05) is 13.8 Å². The molecule has 0 radical (unpaired) electrons. The van der Waals surface area contributed by atoms with E-state index in [0.717, 1.165) is 0 Å². The monoisotopic (exact) mass is 273 g/mol. The smallest absolute Gasteiger partial charge is 0.294 e. The number of rotatable bonds is 6. The van der Waals surface area contributed by atoms with Gasteiger partial charge >= 0.3 is 0 Å². The van der Waals surface area contributed by atoms with E-state index >= 15 is 0 Å². The molecule has 0 spiro atoms. The van der Waals surface area contributed by atoms with E-state index in [0.29, 0.717) is 38.8 Å². The van der Waals surface area contributed by atoms with Crippen LogP contribution in [0.25, 0.3) is 0 Å². The van der Waals surface area contributed by atoms with Gasteiger partial charge in [0.2, 0.25) is 5.91 Å². The molecule has 1 aliphatic carbocycles. The number of hydrogen-bond donors (Lipinski definition) is 2. The molecule has 0 atom stereocenters. The molecule has 0 saturated heterocycles. The van der Waals surface area contributed by atoms with Gasteiger partial charge in [0, 0.05) is 12.5 Å². The van der Waals surface area contributed by atoms with E-state index in [1.54, 1.807) is 0 Å². The highest BCUT2D eigenvalue weighted by Crippen LogP contribution is 2.26. The van der Waals surface area contributed by atoms with E-state index in [-0.39, 0.29) is 23.3 Å². The Morgan fingerprint density at radius 1 is 1.42 bits per heavy atom. The summed E-state index contributed by atoms with van der Waals surface area (Å²) in [4.78, 5) is 26.7. The van der Waals surface area contributed by atoms with Gasteiger partial charge in [-0.25, -0.2) is 0 Å². The van der Waals surface area contributed by atoms with Crippen LogP contribution in [0.1, 0.15) is 39.5 Å². The Morgan fingerprint density at radius 3 is 2.47 bits per heavy atom. The van der Waals surface area contributed by atoms with Gasteiger partial charge in [0.15, 0.2) is 0 Å². The SMILES string of the molecule is CC(C)(CN)CNC(=O)C1CCC(O[N+](=O)[O-])CC1. The number of hydrogen-bond acceptors (Lipinski definition) is 5. The average Bonchev–Trinajstić information content (AvgIpc) is 2.36. The number of amides is 1. The van der Waals surface area contributed by atoms with Crippen molar-refractivity contribution in [1.82, 2.24) is 5.32 Å². The summed E-state index contributed by atoms with van der Waals surface area (Å²) >= 11 is 0. The predicted octanol–water partition coefficient (Wildman–Crippen LogP) is 0.855. The van der Waals surface area contributed by atoms with Gasteiger partial charge in [-0.15, -0.1) is 10.1 Å². The molecule has 0 unspecified atom stereocenters. The van der Waals surface area contributed by atoms with E-state index in [1.165, 1.54) is 0 Å². The van der Waals surface area contributed by atoms with E-state index in [2.05, 4.69) is 10.2 Å². The molecule has 0 bridgehead atoms. The van der Waals surface area contributed by atoms with Crippen LogP contribution in [0.4, 0.5) is 0 Å². The lowest BCUT2D eigenvalue weighted by atomic mass is 9.86. The maximum atomic E-state index is 12.0. The number of nitrogens with zero attached hydrogens (tertiary/aromatic N) is 1. The Bertz CT molecular complexity index is 325. The zero-order valence-electron chi connectivity index (χ0n) is 11.6. The summed E-state index contributed by atoms with van der Waals surface area (Å²) in [6, 6.07) is 0. The van der Waals surface area contributed by atoms with Crippen LogP contribution in [0, 0.1) is 21.4 Å². The van der Waals surface area contributed by atoms with Crippen LogP contribution in [-0.4, -0.2) is 30.2 Å². The van der Waals surface area contributed by atoms with Gasteiger partial charge in [-0.05, 0) is 37.6 Å². The van der Waals surface area contributed by atoms with Gasteiger partial charge in [-0.2, -0.15) is 0 Å². The molecule has 3 N–H and O–H groups in total. The third kappa shape index (κ3) is 5.42. The fraction of sp³-hybridized carbons (Fsp3) is 0.917. The van der Waals surface area contributed by atoms with Gasteiger partial charge < -0.3 is 15.9 Å². The largest absolute Gasteiger partial charge is 0.355 e. The van der Waals surface area contributed by atoms with E-state index in [4.69, 9.17) is 5.73 Å². The quantitative estimate of drug-likeness (QED) is 0.551. The lowest BCUT2D eigenvalue weighted by Gasteiger charge is -2.28. The first kappa shape index (κ1) is 15.7. The summed E-state index contributed by atoms with van der Waals surface area (Å²) in [5.41, 5.74) is 5.49. The first-order chi connectivity index (χ1) is 8.84. The minimum atomic E-state index is -0.755. The van der Waals surface area contributed by atoms with Crippen molar-refractivity contribution in [3.05, 3.63) is 10.1 Å². The topological polar surface area (TPSA) is 107 Å². The molecule has 0 aromatic heterocycles. The van der Waals surface area contributed by atoms with Crippen molar-refractivity contribution in [3.8, 4) is 0 Å². The Morgan fingerprint density at radius 2 is 2.00 bits per heavy atom. The fourth-order valence-electron chi connectivity index (χ4n) is 2.10. The van der Waals surface area contributed by atoms with Gasteiger partial charge in [-0.3, -0.25) is 4.79 Å². The summed E-state index contributed by atoms with van der Waals surface area (Å²) < 4.78 is 0. The third-order valence-electron chi connectivity index (χ3n) is 3.57. The highest BCUT2D eigenvalue weighted by Gasteiger charge is 2.28. The summed E-state index contributed by atoms with van der Waals surface area (Å²) in [6.45, 7) is 5.05. The highest BCUT2D eigenvalue weighted by molar-refractivity contribution is 5.78. The van der Waals surface area contributed by atoms with Crippen LogP contribution < -0.4 is 11.1 Å². The Balaban J connectivity index is 2.31. The van der Waals surface area contributed by atoms with Gasteiger partial charge in [0.25, 0.3) is 5.09 Å². The van der Waals surface area contributed by atoms with E-state index in [1.807, 2.05) is 13.8 Å². The standard InChI is InChI=1S/C12H23N3O4/c1-12(2,7-13)8-14-11(16)9-3-5-10(6-4-9)19-15(17)18/h9-10H,3-8,13H2,1-2H3,(H,14,16). The zero-order chi connectivity index (χ0) is 14.5. The van der Waals surface area contributed by atoms with Crippen LogP contribution in [0.3, 0.4) is 0 Å². The molecule has 1 fully saturated rings. The maximum Gasteiger partial charge on any atom is 0.294 e. The van der Waals surface area contributed by atoms with Gasteiger partial charge in [0.1, 0.15) is 6.10 Å². The zero-order valence-corrected chi connectivity index (χ0v) is 11.6. The maximum absolute atomic E-state index is 12.0. The summed E-state index contributed by atoms with van der Waals surface area (Å²) in [6.07, 6.45) is 2.01. The van der Waals surface area contributed by atoms with Crippen molar-refractivity contribution in [2.45, 2.75) is 45.6 Å². The Kier molecular flexibility index (Phi) is 5.53. The van der Waals surface area contributed by atoms with Crippen molar-refractivity contribution >= 4 is 5.91 Å². The number of nitrogens with one attached hydrogen (secondary N) is 1. The van der Waals surface area contributed by atoms with Crippen LogP contribution in [0.2, 0.25) is 0 Å². The molecule has 0 aromatic rings. The molecule has 1 amide bonds. The predicted molar refractivity (Wildman–Crippen MR) is 69.7 cm³/mol. The second-order valence-corrected chi connectivity index (χ2v) is 5.89. The van der Waals surface area contributed by atoms with Crippen LogP contribution >= 0.6 is 0 Å². The molecular weight excluding hydrogens is 250 g/mol. The molecule has 7 nitrogen and oxygen atoms in total. The summed E-state index contributed by atoms with van der Waals surface area (Å²) in [7, 11) is 0. The minimum Gasteiger partial charge on any atom is -0.355 e. The summed E-state index contributed by atoms with van der Waals surface area (Å²) in [5.74, 6) is -0.0544. The van der Waals surface area contributed by atoms with Gasteiger partial charge in [0.05, 0.1) is 0 Å². The number of carbonyl (C=O) groups is 1. The molecule has 0 aliphatic heterocycles. The molecule has 19 heavy (non-hydrogen) atoms. The highest BCUT2D eigenvalue weighted by atomic mass is 17.0. The van der Waals surface area contributed by atoms with Crippen molar-refractivity contribution in [2.24, 2.45) is 17.1 Å². The van der Waals surface area contributed by atoms with Crippen molar-refractivity contribution in [1.29, 1.82) is 0 Å². The van der Waals surface area contributed by atoms with Crippen molar-refractivity contribution in [3.63, 3.8) is 0 Å². The number of carbonyl (C=O) groups excluding carboxylic acids is 1. The fourth-order valence-corrected chi connectivity index (χ4v) is 2.10. The average molecular weight is 273 g/mol. The van der Waals surface area contributed by atoms with Crippen LogP contribution in [0.5, 0.6) is 0 Å². The second kappa shape index (κ2) is 6.70. The molecule has 1 aliphatic rings. The Labute approximate surface area is 113 Å². The van der Waals surface area contributed by atoms with E-state index in [9.17, 15) is 14.9 Å². The molecule has 1 rings (SSSR count). The minimum absolute atomic E-state index is 0.0149. The van der Waals surface area contributed by atoms with Crippen LogP contribution in [-0.2, 0) is 9.63 Å². The third-order valence-corrected chi connectivity index (χ3v) is 3.57. The first-order valence-electron chi connectivity index (χ1n) is 6.63. The molecule has 1 saturated carbocycles. The van der Waals surface area contributed by atoms with Crippen molar-refractivity contribution in [2.75, 3.05) is 13.1 Å². The lowest BCUT2D eigenvalue weighted by molar-refractivity contribution is -0.769. The molecule has 0 heterocycles. The number of nitrogens with two attached hydrogens (primary N) is 1. The normalized spacial score (nSPS) is 23.7. The molecule has 7 heteroatoms. The van der Waals surface area contributed by atoms with E-state index < -0.39 is 5.09 Å². The molecular formula is C12H23N3O4. The lowest BCUT2D eigenvalue weighted by Crippen LogP contribution is -2.42. The summed E-state index contributed by atoms with van der Waals surface area (Å²) in [5, 5.41) is 12.4. The second-order valence-electron chi connectivity index (χ2n) is 5.89. The Hall–Kier alpha value is -1.37. The van der Waals surface area contributed by atoms with Crippen molar-refractivity contribution < 1.29 is 14.7 Å².